The Balaban J connectivity index is 1.41. The van der Waals surface area contributed by atoms with Gasteiger partial charge in [-0.15, -0.1) is 0 Å². The fourth-order valence-electron chi connectivity index (χ4n) is 4.15. The number of benzene rings is 2. The van der Waals surface area contributed by atoms with Gasteiger partial charge >= 0.3 is 0 Å². The Morgan fingerprint density at radius 1 is 0.966 bits per heavy atom. The molecule has 1 aliphatic rings. The Morgan fingerprint density at radius 2 is 1.66 bits per heavy atom. The molecule has 0 spiro atoms. The van der Waals surface area contributed by atoms with E-state index in [1.54, 1.807) is 6.07 Å². The molecule has 0 unspecified atom stereocenters. The van der Waals surface area contributed by atoms with Gasteiger partial charge in [-0.25, -0.2) is 0 Å². The number of pyridine rings is 1. The summed E-state index contributed by atoms with van der Waals surface area (Å²) >= 11 is 0. The molecule has 1 aliphatic heterocycles. The highest BCUT2D eigenvalue weighted by Gasteiger charge is 2.18. The predicted octanol–water partition coefficient (Wildman–Crippen LogP) is 3.33. The molecule has 0 atom stereocenters. The van der Waals surface area contributed by atoms with Gasteiger partial charge in [0.25, 0.3) is 0 Å². The lowest BCUT2D eigenvalue weighted by Crippen LogP contribution is -2.45. The maximum absolute atomic E-state index is 12.7. The Kier molecular flexibility index (Phi) is 5.48. The maximum atomic E-state index is 12.7. The van der Waals surface area contributed by atoms with Crippen LogP contribution in [0.5, 0.6) is 0 Å². The molecule has 0 radical (unpaired) electrons. The highest BCUT2D eigenvalue weighted by atomic mass is 16.1. The van der Waals surface area contributed by atoms with E-state index in [-0.39, 0.29) is 5.43 Å². The number of fused-ring (bicyclic) bond motifs is 1. The second-order valence-corrected chi connectivity index (χ2v) is 7.97. The van der Waals surface area contributed by atoms with Crippen molar-refractivity contribution in [2.24, 2.45) is 0 Å². The first-order valence-electron chi connectivity index (χ1n) is 10.1. The minimum absolute atomic E-state index is 0.103. The number of piperazine rings is 1. The Bertz CT molecular complexity index is 1130. The third-order valence-corrected chi connectivity index (χ3v) is 5.78. The summed E-state index contributed by atoms with van der Waals surface area (Å²) in [6, 6.07) is 15.9. The zero-order chi connectivity index (χ0) is 20.4. The lowest BCUT2D eigenvalue weighted by Gasteiger charge is -2.34. The first kappa shape index (κ1) is 19.4. The minimum Gasteiger partial charge on any atom is -0.357 e. The fraction of sp³-hybridized carbons (Fsp3) is 0.333. The smallest absolute Gasteiger partial charge is 0.189 e. The van der Waals surface area contributed by atoms with Gasteiger partial charge in [-0.3, -0.25) is 14.6 Å². The first-order valence-corrected chi connectivity index (χ1v) is 10.1. The molecule has 0 saturated carbocycles. The number of hydrogen-bond acceptors (Lipinski definition) is 4. The molecule has 0 aliphatic carbocycles. The van der Waals surface area contributed by atoms with Gasteiger partial charge < -0.3 is 4.98 Å². The quantitative estimate of drug-likeness (QED) is 0.747. The molecule has 1 fully saturated rings. The molecule has 5 nitrogen and oxygen atoms in total. The average Bonchev–Trinajstić information content (AvgIpc) is 2.72. The van der Waals surface area contributed by atoms with Crippen molar-refractivity contribution in [3.63, 3.8) is 0 Å². The molecule has 2 heterocycles. The van der Waals surface area contributed by atoms with Gasteiger partial charge in [-0.1, -0.05) is 24.3 Å². The van der Waals surface area contributed by atoms with Crippen molar-refractivity contribution < 1.29 is 0 Å². The molecular formula is C24H26N4O. The molecule has 0 bridgehead atoms. The van der Waals surface area contributed by atoms with Crippen LogP contribution in [-0.4, -0.2) is 41.0 Å². The number of aryl methyl sites for hydroxylation is 2. The topological polar surface area (TPSA) is 63.1 Å². The van der Waals surface area contributed by atoms with Crippen LogP contribution < -0.4 is 5.43 Å². The van der Waals surface area contributed by atoms with Crippen LogP contribution >= 0.6 is 0 Å². The van der Waals surface area contributed by atoms with Crippen molar-refractivity contribution in [2.45, 2.75) is 26.9 Å². The number of aromatic nitrogens is 1. The number of aromatic amines is 1. The fourth-order valence-corrected chi connectivity index (χ4v) is 4.15. The van der Waals surface area contributed by atoms with Gasteiger partial charge in [0.05, 0.1) is 17.1 Å². The van der Waals surface area contributed by atoms with E-state index in [0.717, 1.165) is 67.0 Å². The van der Waals surface area contributed by atoms with Gasteiger partial charge in [0, 0.05) is 56.4 Å². The number of H-pyrrole nitrogens is 1. The average molecular weight is 386 g/mol. The molecule has 148 valence electrons. The van der Waals surface area contributed by atoms with E-state index in [2.05, 4.69) is 33.0 Å². The summed E-state index contributed by atoms with van der Waals surface area (Å²) in [7, 11) is 0. The van der Waals surface area contributed by atoms with Crippen LogP contribution in [0.15, 0.2) is 47.3 Å². The Hall–Kier alpha value is -2.94. The van der Waals surface area contributed by atoms with Gasteiger partial charge in [-0.2, -0.15) is 5.26 Å². The van der Waals surface area contributed by atoms with E-state index in [9.17, 15) is 4.79 Å². The molecule has 4 rings (SSSR count). The van der Waals surface area contributed by atoms with Gasteiger partial charge in [0.2, 0.25) is 0 Å². The highest BCUT2D eigenvalue weighted by Crippen LogP contribution is 2.18. The summed E-state index contributed by atoms with van der Waals surface area (Å²) < 4.78 is 0. The summed E-state index contributed by atoms with van der Waals surface area (Å²) in [5.41, 5.74) is 6.07. The SMILES string of the molecule is Cc1ccc(C)c2c(=O)cc(CN3CCN(Cc4cccc(C#N)c4)CC3)[nH]c12. The van der Waals surface area contributed by atoms with Gasteiger partial charge in [-0.05, 0) is 42.7 Å². The summed E-state index contributed by atoms with van der Waals surface area (Å²) in [6.45, 7) is 9.55. The van der Waals surface area contributed by atoms with Crippen molar-refractivity contribution in [3.05, 3.63) is 80.6 Å². The van der Waals surface area contributed by atoms with Crippen LogP contribution in [-0.2, 0) is 13.1 Å². The second-order valence-electron chi connectivity index (χ2n) is 7.97. The van der Waals surface area contributed by atoms with E-state index < -0.39 is 0 Å². The predicted molar refractivity (Wildman–Crippen MR) is 116 cm³/mol. The van der Waals surface area contributed by atoms with Crippen molar-refractivity contribution in [3.8, 4) is 6.07 Å². The van der Waals surface area contributed by atoms with Crippen LogP contribution in [0, 0.1) is 25.2 Å². The van der Waals surface area contributed by atoms with Crippen LogP contribution in [0.2, 0.25) is 0 Å². The molecule has 1 N–H and O–H groups in total. The molecule has 29 heavy (non-hydrogen) atoms. The molecule has 0 amide bonds. The van der Waals surface area contributed by atoms with Crippen LogP contribution in [0.1, 0.15) is 27.9 Å². The van der Waals surface area contributed by atoms with Gasteiger partial charge in [0.1, 0.15) is 0 Å². The third kappa shape index (κ3) is 4.24. The van der Waals surface area contributed by atoms with E-state index in [4.69, 9.17) is 5.26 Å². The van der Waals surface area contributed by atoms with Crippen molar-refractivity contribution >= 4 is 10.9 Å². The molecular weight excluding hydrogens is 360 g/mol. The van der Waals surface area contributed by atoms with Crippen molar-refractivity contribution in [1.82, 2.24) is 14.8 Å². The zero-order valence-electron chi connectivity index (χ0n) is 17.0. The van der Waals surface area contributed by atoms with Crippen LogP contribution in [0.4, 0.5) is 0 Å². The highest BCUT2D eigenvalue weighted by molar-refractivity contribution is 5.84. The van der Waals surface area contributed by atoms with Crippen LogP contribution in [0.25, 0.3) is 10.9 Å². The second kappa shape index (κ2) is 8.20. The van der Waals surface area contributed by atoms with Crippen molar-refractivity contribution in [2.75, 3.05) is 26.2 Å². The lowest BCUT2D eigenvalue weighted by molar-refractivity contribution is 0.121. The Morgan fingerprint density at radius 3 is 2.38 bits per heavy atom. The summed E-state index contributed by atoms with van der Waals surface area (Å²) in [5, 5.41) is 9.87. The van der Waals surface area contributed by atoms with E-state index >= 15 is 0 Å². The molecule has 2 aromatic carbocycles. The molecule has 1 aromatic heterocycles. The molecule has 3 aromatic rings. The van der Waals surface area contributed by atoms with Crippen molar-refractivity contribution in [1.29, 1.82) is 5.26 Å². The summed E-state index contributed by atoms with van der Waals surface area (Å²) in [5.74, 6) is 0. The monoisotopic (exact) mass is 386 g/mol. The van der Waals surface area contributed by atoms with Gasteiger partial charge in [0.15, 0.2) is 5.43 Å². The number of nitriles is 1. The lowest BCUT2D eigenvalue weighted by atomic mass is 10.0. The van der Waals surface area contributed by atoms with E-state index in [1.165, 1.54) is 5.56 Å². The van der Waals surface area contributed by atoms with E-state index in [0.29, 0.717) is 5.56 Å². The zero-order valence-corrected chi connectivity index (χ0v) is 17.0. The number of nitrogens with one attached hydrogen (secondary N) is 1. The minimum atomic E-state index is 0.103. The number of rotatable bonds is 4. The number of nitrogens with zero attached hydrogens (tertiary/aromatic N) is 3. The normalized spacial score (nSPS) is 15.5. The van der Waals surface area contributed by atoms with Crippen LogP contribution in [0.3, 0.4) is 0 Å². The summed E-state index contributed by atoms with van der Waals surface area (Å²) in [4.78, 5) is 21.0. The largest absolute Gasteiger partial charge is 0.357 e. The third-order valence-electron chi connectivity index (χ3n) is 5.78. The summed E-state index contributed by atoms with van der Waals surface area (Å²) in [6.07, 6.45) is 0. The molecule has 5 heteroatoms. The standard InChI is InChI=1S/C24H26N4O/c1-17-6-7-18(2)24-23(17)22(29)13-21(26-24)16-28-10-8-27(9-11-28)15-20-5-3-4-19(12-20)14-25/h3-7,12-13H,8-11,15-16H2,1-2H3,(H,26,29). The first-order chi connectivity index (χ1) is 14.0. The van der Waals surface area contributed by atoms with E-state index in [1.807, 2.05) is 38.1 Å². The Labute approximate surface area is 171 Å². The molecule has 1 saturated heterocycles. The maximum Gasteiger partial charge on any atom is 0.189 e. The number of hydrogen-bond donors (Lipinski definition) is 1.